The molecular formula is C15H20N6O4. The van der Waals surface area contributed by atoms with Crippen molar-refractivity contribution in [3.63, 3.8) is 0 Å². The van der Waals surface area contributed by atoms with Crippen LogP contribution in [-0.4, -0.2) is 44.3 Å². The van der Waals surface area contributed by atoms with Crippen LogP contribution in [0.25, 0.3) is 5.65 Å². The van der Waals surface area contributed by atoms with Crippen molar-refractivity contribution in [3.8, 4) is 0 Å². The Balaban J connectivity index is 2.03. The summed E-state index contributed by atoms with van der Waals surface area (Å²) in [6.07, 6.45) is 2.52. The molecule has 0 radical (unpaired) electrons. The summed E-state index contributed by atoms with van der Waals surface area (Å²) in [6.45, 7) is 6.89. The molecule has 134 valence electrons. The van der Waals surface area contributed by atoms with E-state index in [1.807, 2.05) is 4.90 Å². The minimum absolute atomic E-state index is 0.0838. The number of aromatic nitrogens is 3. The van der Waals surface area contributed by atoms with Gasteiger partial charge in [-0.25, -0.2) is 9.78 Å². The van der Waals surface area contributed by atoms with Gasteiger partial charge in [-0.1, -0.05) is 0 Å². The maximum absolute atomic E-state index is 12.1. The van der Waals surface area contributed by atoms with Crippen molar-refractivity contribution in [2.24, 2.45) is 0 Å². The van der Waals surface area contributed by atoms with Crippen LogP contribution in [0.3, 0.4) is 0 Å². The normalized spacial score (nSPS) is 14.8. The lowest BCUT2D eigenvalue weighted by atomic mass is 10.2. The second-order valence-corrected chi connectivity index (χ2v) is 6.84. The quantitative estimate of drug-likeness (QED) is 0.669. The van der Waals surface area contributed by atoms with Gasteiger partial charge < -0.3 is 9.64 Å². The Morgan fingerprint density at radius 3 is 2.64 bits per heavy atom. The highest BCUT2D eigenvalue weighted by molar-refractivity contribution is 5.85. The Morgan fingerprint density at radius 1 is 1.36 bits per heavy atom. The second kappa shape index (κ2) is 6.19. The lowest BCUT2D eigenvalue weighted by Gasteiger charge is -2.21. The van der Waals surface area contributed by atoms with Crippen molar-refractivity contribution in [3.05, 3.63) is 22.4 Å². The van der Waals surface area contributed by atoms with Crippen LogP contribution >= 0.6 is 0 Å². The molecule has 0 aromatic carbocycles. The highest BCUT2D eigenvalue weighted by Gasteiger charge is 2.24. The number of hydrogen-bond acceptors (Lipinski definition) is 7. The predicted octanol–water partition coefficient (Wildman–Crippen LogP) is 2.58. The number of nitro groups is 1. The molecule has 2 aromatic rings. The molecule has 0 aliphatic carbocycles. The van der Waals surface area contributed by atoms with E-state index in [1.54, 1.807) is 26.8 Å². The zero-order valence-corrected chi connectivity index (χ0v) is 14.4. The third-order valence-electron chi connectivity index (χ3n) is 3.70. The van der Waals surface area contributed by atoms with Crippen LogP contribution in [0.15, 0.2) is 12.3 Å². The fraction of sp³-hybridized carbons (Fsp3) is 0.533. The van der Waals surface area contributed by atoms with Crippen LogP contribution in [0.2, 0.25) is 0 Å². The second-order valence-electron chi connectivity index (χ2n) is 6.84. The van der Waals surface area contributed by atoms with Gasteiger partial charge in [0.25, 0.3) is 0 Å². The molecule has 0 atom stereocenters. The number of hydrogen-bond donors (Lipinski definition) is 1. The molecule has 0 unspecified atom stereocenters. The monoisotopic (exact) mass is 348 g/mol. The first-order chi connectivity index (χ1) is 11.7. The summed E-state index contributed by atoms with van der Waals surface area (Å²) in [5.74, 6) is 0.842. The summed E-state index contributed by atoms with van der Waals surface area (Å²) in [5.41, 5.74) is -0.793. The van der Waals surface area contributed by atoms with Gasteiger partial charge in [0.15, 0.2) is 0 Å². The third-order valence-corrected chi connectivity index (χ3v) is 3.70. The molecule has 0 bridgehead atoms. The highest BCUT2D eigenvalue weighted by Crippen LogP contribution is 2.27. The lowest BCUT2D eigenvalue weighted by molar-refractivity contribution is -0.383. The first-order valence-corrected chi connectivity index (χ1v) is 8.03. The number of fused-ring (bicyclic) bond motifs is 1. The number of rotatable bonds is 3. The summed E-state index contributed by atoms with van der Waals surface area (Å²) in [7, 11) is 0. The van der Waals surface area contributed by atoms with E-state index in [1.165, 1.54) is 4.52 Å². The lowest BCUT2D eigenvalue weighted by Crippen LogP contribution is -2.28. The van der Waals surface area contributed by atoms with Crippen LogP contribution < -0.4 is 10.2 Å². The highest BCUT2D eigenvalue weighted by atomic mass is 16.6. The van der Waals surface area contributed by atoms with E-state index >= 15 is 0 Å². The SMILES string of the molecule is CC(C)(C)OC(=O)Nc1cc(N2CCCC2)nc2c([N+](=O)[O-])cnn12. The number of carbonyl (C=O) groups excluding carboxylic acids is 1. The fourth-order valence-corrected chi connectivity index (χ4v) is 2.67. The molecule has 1 aliphatic rings. The number of ether oxygens (including phenoxy) is 1. The number of nitrogens with one attached hydrogen (secondary N) is 1. The van der Waals surface area contributed by atoms with E-state index in [-0.39, 0.29) is 17.2 Å². The van der Waals surface area contributed by atoms with E-state index in [9.17, 15) is 14.9 Å². The topological polar surface area (TPSA) is 115 Å². The van der Waals surface area contributed by atoms with Gasteiger partial charge in [-0.15, -0.1) is 0 Å². The van der Waals surface area contributed by atoms with Crippen LogP contribution in [-0.2, 0) is 4.74 Å². The van der Waals surface area contributed by atoms with E-state index in [4.69, 9.17) is 4.74 Å². The van der Waals surface area contributed by atoms with Crippen LogP contribution in [0.5, 0.6) is 0 Å². The van der Waals surface area contributed by atoms with Crippen molar-refractivity contribution < 1.29 is 14.5 Å². The summed E-state index contributed by atoms with van der Waals surface area (Å²) >= 11 is 0. The number of anilines is 2. The van der Waals surface area contributed by atoms with Gasteiger partial charge in [0, 0.05) is 19.2 Å². The Morgan fingerprint density at radius 2 is 2.04 bits per heavy atom. The summed E-state index contributed by atoms with van der Waals surface area (Å²) < 4.78 is 6.49. The van der Waals surface area contributed by atoms with E-state index < -0.39 is 16.6 Å². The van der Waals surface area contributed by atoms with Crippen LogP contribution in [0.1, 0.15) is 33.6 Å². The molecule has 0 saturated carbocycles. The minimum atomic E-state index is -0.663. The smallest absolute Gasteiger partial charge is 0.413 e. The molecule has 1 aliphatic heterocycles. The standard InChI is InChI=1S/C15H20N6O4/c1-15(2,3)25-14(22)18-12-8-11(19-6-4-5-7-19)17-13-10(21(23)24)9-16-20(12)13/h8-9H,4-7H2,1-3H3,(H,18,22). The molecule has 0 spiro atoms. The molecule has 10 nitrogen and oxygen atoms in total. The predicted molar refractivity (Wildman–Crippen MR) is 90.9 cm³/mol. The molecule has 1 fully saturated rings. The van der Waals surface area contributed by atoms with Gasteiger partial charge in [0.05, 0.1) is 4.92 Å². The molecular weight excluding hydrogens is 328 g/mol. The fourth-order valence-electron chi connectivity index (χ4n) is 2.67. The number of nitrogens with zero attached hydrogens (tertiary/aromatic N) is 5. The molecule has 3 heterocycles. The maximum Gasteiger partial charge on any atom is 0.413 e. The van der Waals surface area contributed by atoms with E-state index in [0.29, 0.717) is 5.82 Å². The molecule has 10 heteroatoms. The van der Waals surface area contributed by atoms with Gasteiger partial charge in [0.1, 0.15) is 23.4 Å². The first kappa shape index (κ1) is 16.9. The van der Waals surface area contributed by atoms with Crippen molar-refractivity contribution in [2.45, 2.75) is 39.2 Å². The maximum atomic E-state index is 12.1. The Hall–Kier alpha value is -2.91. The molecule has 1 saturated heterocycles. The van der Waals surface area contributed by atoms with Gasteiger partial charge in [-0.05, 0) is 33.6 Å². The molecule has 25 heavy (non-hydrogen) atoms. The van der Waals surface area contributed by atoms with E-state index in [0.717, 1.165) is 32.1 Å². The number of amides is 1. The summed E-state index contributed by atoms with van der Waals surface area (Å²) in [4.78, 5) is 29.2. The third kappa shape index (κ3) is 3.62. The molecule has 1 N–H and O–H groups in total. The Bertz CT molecular complexity index is 819. The van der Waals surface area contributed by atoms with Crippen molar-refractivity contribution >= 4 is 29.1 Å². The average molecular weight is 348 g/mol. The average Bonchev–Trinajstić information content (AvgIpc) is 3.14. The zero-order chi connectivity index (χ0) is 18.2. The Labute approximate surface area is 143 Å². The minimum Gasteiger partial charge on any atom is -0.444 e. The van der Waals surface area contributed by atoms with Crippen molar-refractivity contribution in [1.82, 2.24) is 14.6 Å². The van der Waals surface area contributed by atoms with Crippen molar-refractivity contribution in [1.29, 1.82) is 0 Å². The molecule has 3 rings (SSSR count). The van der Waals surface area contributed by atoms with Crippen molar-refractivity contribution in [2.75, 3.05) is 23.3 Å². The first-order valence-electron chi connectivity index (χ1n) is 8.03. The number of carbonyl (C=O) groups is 1. The van der Waals surface area contributed by atoms with Gasteiger partial charge in [-0.3, -0.25) is 15.4 Å². The largest absolute Gasteiger partial charge is 0.444 e. The zero-order valence-electron chi connectivity index (χ0n) is 14.4. The summed E-state index contributed by atoms with van der Waals surface area (Å²) in [5, 5.41) is 17.8. The van der Waals surface area contributed by atoms with Crippen LogP contribution in [0, 0.1) is 10.1 Å². The summed E-state index contributed by atoms with van der Waals surface area (Å²) in [6, 6.07) is 1.65. The van der Waals surface area contributed by atoms with E-state index in [2.05, 4.69) is 15.4 Å². The molecule has 2 aromatic heterocycles. The van der Waals surface area contributed by atoms with Gasteiger partial charge in [-0.2, -0.15) is 9.61 Å². The molecule has 1 amide bonds. The van der Waals surface area contributed by atoms with Gasteiger partial charge in [0.2, 0.25) is 5.65 Å². The van der Waals surface area contributed by atoms with Gasteiger partial charge >= 0.3 is 11.8 Å². The Kier molecular flexibility index (Phi) is 4.19. The van der Waals surface area contributed by atoms with Crippen LogP contribution in [0.4, 0.5) is 22.1 Å².